The van der Waals surface area contributed by atoms with Crippen molar-refractivity contribution < 1.29 is 9.34 Å². The van der Waals surface area contributed by atoms with Gasteiger partial charge >= 0.3 is 0 Å². The van der Waals surface area contributed by atoms with Crippen LogP contribution in [-0.2, 0) is 6.42 Å². The van der Waals surface area contributed by atoms with E-state index in [0.29, 0.717) is 17.2 Å². The van der Waals surface area contributed by atoms with Gasteiger partial charge in [-0.1, -0.05) is 25.1 Å². The molecule has 0 aliphatic carbocycles. The second-order valence-corrected chi connectivity index (χ2v) is 4.69. The Bertz CT molecular complexity index is 598. The zero-order valence-electron chi connectivity index (χ0n) is 11.0. The van der Waals surface area contributed by atoms with Crippen LogP contribution in [0.15, 0.2) is 41.0 Å². The van der Waals surface area contributed by atoms with Gasteiger partial charge in [0, 0.05) is 23.2 Å². The first kappa shape index (κ1) is 14.6. The average Bonchev–Trinajstić information content (AvgIpc) is 2.85. The van der Waals surface area contributed by atoms with Crippen molar-refractivity contribution in [3.8, 4) is 0 Å². The van der Waals surface area contributed by atoms with Gasteiger partial charge in [-0.05, 0) is 30.6 Å². The van der Waals surface area contributed by atoms with Crippen LogP contribution in [0.1, 0.15) is 24.1 Å². The molecule has 1 aromatic carbocycles. The van der Waals surface area contributed by atoms with Crippen LogP contribution in [-0.4, -0.2) is 11.5 Å². The second-order valence-electron chi connectivity index (χ2n) is 4.35. The smallest absolute Gasteiger partial charge is 0.272 e. The highest BCUT2D eigenvalue weighted by molar-refractivity contribution is 6.29. The van der Waals surface area contributed by atoms with Gasteiger partial charge in [-0.15, -0.1) is 0 Å². The Hall–Kier alpha value is -1.85. The van der Waals surface area contributed by atoms with Crippen molar-refractivity contribution in [1.82, 2.24) is 5.32 Å². The van der Waals surface area contributed by atoms with Crippen LogP contribution in [0.4, 0.5) is 5.69 Å². The molecule has 106 valence electrons. The number of likely N-dealkylation sites (N-methyl/N-ethyl adjacent to an activating group) is 1. The summed E-state index contributed by atoms with van der Waals surface area (Å²) < 4.78 is 5.10. The number of benzene rings is 1. The summed E-state index contributed by atoms with van der Waals surface area (Å²) in [6.45, 7) is 2.70. The highest BCUT2D eigenvalue weighted by Gasteiger charge is 2.21. The van der Waals surface area contributed by atoms with Crippen LogP contribution in [0.2, 0.25) is 5.22 Å². The number of nitrogens with zero attached hydrogens (tertiary/aromatic N) is 1. The minimum absolute atomic E-state index is 0.118. The van der Waals surface area contributed by atoms with E-state index >= 15 is 0 Å². The van der Waals surface area contributed by atoms with Crippen molar-refractivity contribution in [2.24, 2.45) is 0 Å². The van der Waals surface area contributed by atoms with Crippen LogP contribution in [0, 0.1) is 10.1 Å². The van der Waals surface area contributed by atoms with Gasteiger partial charge in [-0.25, -0.2) is 0 Å². The molecule has 2 rings (SSSR count). The van der Waals surface area contributed by atoms with E-state index in [4.69, 9.17) is 16.0 Å². The molecule has 0 spiro atoms. The van der Waals surface area contributed by atoms with Gasteiger partial charge in [-0.2, -0.15) is 0 Å². The third-order valence-corrected chi connectivity index (χ3v) is 3.39. The molecule has 1 heterocycles. The maximum atomic E-state index is 11.1. The van der Waals surface area contributed by atoms with Crippen molar-refractivity contribution >= 4 is 17.3 Å². The predicted molar refractivity (Wildman–Crippen MR) is 76.9 cm³/mol. The highest BCUT2D eigenvalue weighted by Crippen LogP contribution is 2.29. The minimum Gasteiger partial charge on any atom is -0.453 e. The lowest BCUT2D eigenvalue weighted by atomic mass is 9.99. The monoisotopic (exact) mass is 294 g/mol. The first-order chi connectivity index (χ1) is 9.63. The van der Waals surface area contributed by atoms with Crippen molar-refractivity contribution in [2.75, 3.05) is 6.54 Å². The Kier molecular flexibility index (Phi) is 4.76. The highest BCUT2D eigenvalue weighted by atomic mass is 35.5. The predicted octanol–water partition coefficient (Wildman–Crippen LogP) is 3.73. The SMILES string of the molecule is CCNC(Cc1ccccc1[N+](=O)[O-])c1ccoc1Cl. The maximum Gasteiger partial charge on any atom is 0.272 e. The average molecular weight is 295 g/mol. The van der Waals surface area contributed by atoms with E-state index in [2.05, 4.69) is 5.32 Å². The van der Waals surface area contributed by atoms with Gasteiger partial charge in [0.1, 0.15) is 0 Å². The van der Waals surface area contributed by atoms with Crippen molar-refractivity contribution in [3.63, 3.8) is 0 Å². The molecule has 0 amide bonds. The Morgan fingerprint density at radius 2 is 2.15 bits per heavy atom. The quantitative estimate of drug-likeness (QED) is 0.651. The van der Waals surface area contributed by atoms with Crippen LogP contribution < -0.4 is 5.32 Å². The maximum absolute atomic E-state index is 11.1. The lowest BCUT2D eigenvalue weighted by Crippen LogP contribution is -2.23. The summed E-state index contributed by atoms with van der Waals surface area (Å²) >= 11 is 6.00. The van der Waals surface area contributed by atoms with E-state index in [1.165, 1.54) is 12.3 Å². The zero-order valence-corrected chi connectivity index (χ0v) is 11.8. The van der Waals surface area contributed by atoms with Gasteiger partial charge in [0.25, 0.3) is 5.69 Å². The standard InChI is InChI=1S/C14H15ClN2O3/c1-2-16-12(11-7-8-20-14(11)15)9-10-5-3-4-6-13(10)17(18)19/h3-8,12,16H,2,9H2,1H3. The van der Waals surface area contributed by atoms with Crippen LogP contribution in [0.5, 0.6) is 0 Å². The lowest BCUT2D eigenvalue weighted by Gasteiger charge is -2.17. The molecule has 1 unspecified atom stereocenters. The molecule has 2 aromatic rings. The third kappa shape index (κ3) is 3.18. The molecule has 0 aliphatic heterocycles. The molecule has 6 heteroatoms. The molecule has 1 N–H and O–H groups in total. The van der Waals surface area contributed by atoms with Crippen LogP contribution in [0.25, 0.3) is 0 Å². The van der Waals surface area contributed by atoms with E-state index in [9.17, 15) is 10.1 Å². The number of furan rings is 1. The summed E-state index contributed by atoms with van der Waals surface area (Å²) in [4.78, 5) is 10.7. The summed E-state index contributed by atoms with van der Waals surface area (Å²) in [7, 11) is 0. The van der Waals surface area contributed by atoms with Gasteiger partial charge in [0.2, 0.25) is 0 Å². The van der Waals surface area contributed by atoms with E-state index < -0.39 is 0 Å². The molecule has 0 radical (unpaired) electrons. The molecular weight excluding hydrogens is 280 g/mol. The molecule has 0 aliphatic rings. The Labute approximate surface area is 121 Å². The number of nitro benzene ring substituents is 1. The molecule has 1 atom stereocenters. The summed E-state index contributed by atoms with van der Waals surface area (Å²) in [6.07, 6.45) is 1.99. The molecule has 0 saturated heterocycles. The van der Waals surface area contributed by atoms with Crippen molar-refractivity contribution in [2.45, 2.75) is 19.4 Å². The zero-order chi connectivity index (χ0) is 14.5. The summed E-state index contributed by atoms with van der Waals surface area (Å²) in [5.41, 5.74) is 1.60. The molecule has 0 saturated carbocycles. The second kappa shape index (κ2) is 6.54. The summed E-state index contributed by atoms with van der Waals surface area (Å²) in [5, 5.41) is 14.6. The number of nitrogens with one attached hydrogen (secondary N) is 1. The number of hydrogen-bond acceptors (Lipinski definition) is 4. The third-order valence-electron chi connectivity index (χ3n) is 3.08. The molecule has 20 heavy (non-hydrogen) atoms. The number of hydrogen-bond donors (Lipinski definition) is 1. The normalized spacial score (nSPS) is 12.3. The fourth-order valence-corrected chi connectivity index (χ4v) is 2.42. The molecule has 5 nitrogen and oxygen atoms in total. The topological polar surface area (TPSA) is 68.3 Å². The van der Waals surface area contributed by atoms with Crippen molar-refractivity contribution in [3.05, 3.63) is 63.1 Å². The number of nitro groups is 1. The molecule has 0 bridgehead atoms. The molecule has 0 fully saturated rings. The molecular formula is C14H15ClN2O3. The number of rotatable bonds is 6. The van der Waals surface area contributed by atoms with Gasteiger partial charge in [0.15, 0.2) is 5.22 Å². The summed E-state index contributed by atoms with van der Waals surface area (Å²) in [5.74, 6) is 0. The first-order valence-corrected chi connectivity index (χ1v) is 6.69. The fourth-order valence-electron chi connectivity index (χ4n) is 2.17. The Morgan fingerprint density at radius 3 is 2.75 bits per heavy atom. The van der Waals surface area contributed by atoms with Crippen molar-refractivity contribution in [1.29, 1.82) is 0 Å². The van der Waals surface area contributed by atoms with E-state index in [1.807, 2.05) is 6.92 Å². The van der Waals surface area contributed by atoms with Crippen LogP contribution >= 0.6 is 11.6 Å². The largest absolute Gasteiger partial charge is 0.453 e. The van der Waals surface area contributed by atoms with Gasteiger partial charge < -0.3 is 9.73 Å². The number of para-hydroxylation sites is 1. The van der Waals surface area contributed by atoms with E-state index in [1.54, 1.807) is 24.3 Å². The Balaban J connectivity index is 2.30. The number of halogens is 1. The summed E-state index contributed by atoms with van der Waals surface area (Å²) in [6, 6.07) is 8.39. The minimum atomic E-state index is -0.366. The first-order valence-electron chi connectivity index (χ1n) is 6.32. The van der Waals surface area contributed by atoms with E-state index in [-0.39, 0.29) is 16.7 Å². The van der Waals surface area contributed by atoms with Gasteiger partial charge in [0.05, 0.1) is 11.2 Å². The fraction of sp³-hybridized carbons (Fsp3) is 0.286. The lowest BCUT2D eigenvalue weighted by molar-refractivity contribution is -0.385. The molecule has 1 aromatic heterocycles. The van der Waals surface area contributed by atoms with Crippen LogP contribution in [0.3, 0.4) is 0 Å². The van der Waals surface area contributed by atoms with E-state index in [0.717, 1.165) is 12.1 Å². The van der Waals surface area contributed by atoms with Gasteiger partial charge in [-0.3, -0.25) is 10.1 Å². The Morgan fingerprint density at radius 1 is 1.40 bits per heavy atom.